The van der Waals surface area contributed by atoms with E-state index in [0.29, 0.717) is 29.2 Å². The fourth-order valence-electron chi connectivity index (χ4n) is 6.45. The number of methoxy groups -OCH3 is 1. The van der Waals surface area contributed by atoms with Crippen molar-refractivity contribution < 1.29 is 14.6 Å². The number of hydrogen-bond donors (Lipinski definition) is 1. The molecule has 4 unspecified atom stereocenters. The average molecular weight is 505 g/mol. The molecule has 2 aromatic carbocycles. The Balaban J connectivity index is 1.67. The summed E-state index contributed by atoms with van der Waals surface area (Å²) in [6.07, 6.45) is 6.57. The van der Waals surface area contributed by atoms with Crippen LogP contribution in [-0.2, 0) is 13.5 Å². The van der Waals surface area contributed by atoms with E-state index in [1.54, 1.807) is 19.2 Å². The van der Waals surface area contributed by atoms with Gasteiger partial charge in [-0.3, -0.25) is 0 Å². The Hall–Kier alpha value is -2.79. The Labute approximate surface area is 222 Å². The van der Waals surface area contributed by atoms with Gasteiger partial charge in [0, 0.05) is 37.3 Å². The van der Waals surface area contributed by atoms with Crippen molar-refractivity contribution in [2.75, 3.05) is 26.7 Å². The van der Waals surface area contributed by atoms with Crippen LogP contribution in [0.15, 0.2) is 42.6 Å². The highest BCUT2D eigenvalue weighted by atomic mass is 16.5. The van der Waals surface area contributed by atoms with Crippen LogP contribution in [0.5, 0.6) is 5.75 Å². The molecule has 5 heteroatoms. The first-order valence-corrected chi connectivity index (χ1v) is 13.9. The number of carboxylic acid groups (broad SMARTS) is 1. The number of likely N-dealkylation sites (tertiary alicyclic amines) is 1. The van der Waals surface area contributed by atoms with Gasteiger partial charge in [-0.2, -0.15) is 0 Å². The van der Waals surface area contributed by atoms with E-state index in [0.717, 1.165) is 38.2 Å². The number of hydrogen-bond acceptors (Lipinski definition) is 3. The second-order valence-electron chi connectivity index (χ2n) is 11.3. The van der Waals surface area contributed by atoms with Crippen LogP contribution in [0.1, 0.15) is 73.0 Å². The van der Waals surface area contributed by atoms with Gasteiger partial charge in [0.2, 0.25) is 0 Å². The highest BCUT2D eigenvalue weighted by Crippen LogP contribution is 2.41. The Morgan fingerprint density at radius 1 is 1.22 bits per heavy atom. The van der Waals surface area contributed by atoms with Crippen molar-refractivity contribution in [2.45, 2.75) is 59.3 Å². The summed E-state index contributed by atoms with van der Waals surface area (Å²) >= 11 is 0. The maximum atomic E-state index is 11.5. The lowest BCUT2D eigenvalue weighted by molar-refractivity contribution is 0.0697. The fourth-order valence-corrected chi connectivity index (χ4v) is 6.45. The minimum atomic E-state index is -0.867. The minimum Gasteiger partial charge on any atom is -0.496 e. The fraction of sp³-hybridized carbons (Fsp3) is 0.531. The number of aryl methyl sites for hydroxylation is 3. The lowest BCUT2D eigenvalue weighted by atomic mass is 9.75. The van der Waals surface area contributed by atoms with E-state index in [1.165, 1.54) is 40.4 Å². The van der Waals surface area contributed by atoms with E-state index in [1.807, 2.05) is 0 Å². The molecule has 5 nitrogen and oxygen atoms in total. The van der Waals surface area contributed by atoms with Crippen LogP contribution in [0.25, 0.3) is 10.9 Å². The van der Waals surface area contributed by atoms with Gasteiger partial charge in [-0.25, -0.2) is 4.79 Å². The van der Waals surface area contributed by atoms with Gasteiger partial charge in [-0.05, 0) is 91.8 Å². The molecule has 4 atom stereocenters. The van der Waals surface area contributed by atoms with Gasteiger partial charge in [0.25, 0.3) is 0 Å². The summed E-state index contributed by atoms with van der Waals surface area (Å²) in [4.78, 5) is 14.2. The van der Waals surface area contributed by atoms with Crippen LogP contribution in [0, 0.1) is 24.7 Å². The Morgan fingerprint density at radius 3 is 2.59 bits per heavy atom. The molecule has 1 saturated heterocycles. The molecule has 0 bridgehead atoms. The molecule has 37 heavy (non-hydrogen) atoms. The highest BCUT2D eigenvalue weighted by Gasteiger charge is 2.33. The average Bonchev–Trinajstić information content (AvgIpc) is 3.21. The summed E-state index contributed by atoms with van der Waals surface area (Å²) in [5, 5.41) is 10.7. The van der Waals surface area contributed by atoms with Crippen LogP contribution >= 0.6 is 0 Å². The molecular weight excluding hydrogens is 460 g/mol. The molecule has 4 rings (SSSR count). The lowest BCUT2D eigenvalue weighted by Gasteiger charge is -2.32. The van der Waals surface area contributed by atoms with Crippen LogP contribution < -0.4 is 4.74 Å². The number of rotatable bonds is 9. The van der Waals surface area contributed by atoms with Crippen molar-refractivity contribution in [3.63, 3.8) is 0 Å². The first-order chi connectivity index (χ1) is 17.7. The molecular formula is C32H44N2O3. The normalized spacial score (nSPS) is 21.6. The molecule has 1 N–H and O–H groups in total. The van der Waals surface area contributed by atoms with Crippen molar-refractivity contribution in [3.8, 4) is 5.75 Å². The van der Waals surface area contributed by atoms with E-state index in [-0.39, 0.29) is 0 Å². The van der Waals surface area contributed by atoms with E-state index in [9.17, 15) is 9.90 Å². The van der Waals surface area contributed by atoms with Gasteiger partial charge in [0.1, 0.15) is 5.75 Å². The number of nitrogens with zero attached hydrogens (tertiary/aromatic N) is 2. The predicted molar refractivity (Wildman–Crippen MR) is 152 cm³/mol. The third kappa shape index (κ3) is 5.87. The number of aromatic nitrogens is 1. The lowest BCUT2D eigenvalue weighted by Crippen LogP contribution is -2.33. The van der Waals surface area contributed by atoms with Crippen LogP contribution in [-0.4, -0.2) is 47.3 Å². The molecule has 2 heterocycles. The monoisotopic (exact) mass is 504 g/mol. The third-order valence-electron chi connectivity index (χ3n) is 8.82. The molecule has 0 spiro atoms. The SMILES string of the molecule is CCC(C)CN1CCC(C)C(CCc2c(OC)cc(C)c3c2ccn3C)C(c2ccc(C(=O)O)cc2)C1. The second-order valence-corrected chi connectivity index (χ2v) is 11.3. The second kappa shape index (κ2) is 11.7. The first kappa shape index (κ1) is 27.3. The topological polar surface area (TPSA) is 54.7 Å². The summed E-state index contributed by atoms with van der Waals surface area (Å²) in [6.45, 7) is 12.5. The van der Waals surface area contributed by atoms with E-state index < -0.39 is 5.97 Å². The maximum absolute atomic E-state index is 11.5. The van der Waals surface area contributed by atoms with Crippen LogP contribution in [0.2, 0.25) is 0 Å². The standard InChI is InChI=1S/C32H44N2O3/c1-7-21(2)19-34-17-14-22(3)26(29(20-34)24-8-10-25(11-9-24)32(35)36)12-13-27-28-15-16-33(5)31(28)23(4)18-30(27)37-6/h8-11,15-16,18,21-22,26,29H,7,12-14,17,19-20H2,1-6H3,(H,35,36). The zero-order valence-corrected chi connectivity index (χ0v) is 23.5. The summed E-state index contributed by atoms with van der Waals surface area (Å²) in [5.74, 6) is 2.24. The summed E-state index contributed by atoms with van der Waals surface area (Å²) in [6, 6.07) is 12.1. The molecule has 0 amide bonds. The number of aromatic carboxylic acids is 1. The van der Waals surface area contributed by atoms with E-state index >= 15 is 0 Å². The van der Waals surface area contributed by atoms with Crippen LogP contribution in [0.3, 0.4) is 0 Å². The summed E-state index contributed by atoms with van der Waals surface area (Å²) in [7, 11) is 3.89. The highest BCUT2D eigenvalue weighted by molar-refractivity contribution is 5.89. The Kier molecular flexibility index (Phi) is 8.63. The van der Waals surface area contributed by atoms with E-state index in [2.05, 4.69) is 74.7 Å². The van der Waals surface area contributed by atoms with Crippen LogP contribution in [0.4, 0.5) is 0 Å². The maximum Gasteiger partial charge on any atom is 0.335 e. The Morgan fingerprint density at radius 2 is 1.95 bits per heavy atom. The molecule has 3 aromatic rings. The molecule has 0 saturated carbocycles. The molecule has 0 aliphatic carbocycles. The molecule has 0 radical (unpaired) electrons. The van der Waals surface area contributed by atoms with Gasteiger partial charge in [0.15, 0.2) is 0 Å². The summed E-state index contributed by atoms with van der Waals surface area (Å²) in [5.41, 5.74) is 5.44. The molecule has 1 aliphatic rings. The molecule has 1 fully saturated rings. The summed E-state index contributed by atoms with van der Waals surface area (Å²) < 4.78 is 8.09. The number of fused-ring (bicyclic) bond motifs is 1. The number of carboxylic acids is 1. The Bertz CT molecular complexity index is 1210. The third-order valence-corrected chi connectivity index (χ3v) is 8.82. The predicted octanol–water partition coefficient (Wildman–Crippen LogP) is 6.91. The molecule has 1 aromatic heterocycles. The number of benzene rings is 2. The largest absolute Gasteiger partial charge is 0.496 e. The molecule has 200 valence electrons. The smallest absolute Gasteiger partial charge is 0.335 e. The molecule has 1 aliphatic heterocycles. The zero-order chi connectivity index (χ0) is 26.7. The number of ether oxygens (including phenoxy) is 1. The van der Waals surface area contributed by atoms with Gasteiger partial charge in [0.05, 0.1) is 18.2 Å². The quantitative estimate of drug-likeness (QED) is 0.344. The van der Waals surface area contributed by atoms with Crippen molar-refractivity contribution >= 4 is 16.9 Å². The van der Waals surface area contributed by atoms with Gasteiger partial charge in [-0.1, -0.05) is 39.3 Å². The van der Waals surface area contributed by atoms with E-state index in [4.69, 9.17) is 4.74 Å². The van der Waals surface area contributed by atoms with Crippen molar-refractivity contribution in [3.05, 3.63) is 64.8 Å². The van der Waals surface area contributed by atoms with Gasteiger partial charge < -0.3 is 19.3 Å². The van der Waals surface area contributed by atoms with Gasteiger partial charge >= 0.3 is 5.97 Å². The number of carbonyl (C=O) groups is 1. The minimum absolute atomic E-state index is 0.356. The first-order valence-electron chi connectivity index (χ1n) is 13.9. The zero-order valence-electron chi connectivity index (χ0n) is 23.5. The van der Waals surface area contributed by atoms with Gasteiger partial charge in [-0.15, -0.1) is 0 Å². The van der Waals surface area contributed by atoms with Crippen molar-refractivity contribution in [1.82, 2.24) is 9.47 Å². The van der Waals surface area contributed by atoms with Crippen molar-refractivity contribution in [2.24, 2.45) is 24.8 Å². The van der Waals surface area contributed by atoms with Crippen molar-refractivity contribution in [1.29, 1.82) is 0 Å².